The lowest BCUT2D eigenvalue weighted by molar-refractivity contribution is 0.144. The molecule has 0 N–H and O–H groups in total. The van der Waals surface area contributed by atoms with Crippen LogP contribution in [0.25, 0.3) is 0 Å². The summed E-state index contributed by atoms with van der Waals surface area (Å²) in [6, 6.07) is 0. The molecule has 0 nitrogen and oxygen atoms in total. The van der Waals surface area contributed by atoms with Gasteiger partial charge < -0.3 is 0 Å². The van der Waals surface area contributed by atoms with Gasteiger partial charge >= 0.3 is 0 Å². The molecule has 0 heterocycles. The first-order valence-electron chi connectivity index (χ1n) is 5.42. The topological polar surface area (TPSA) is 0 Å². The van der Waals surface area contributed by atoms with Gasteiger partial charge in [0.25, 0.3) is 0 Å². The zero-order chi connectivity index (χ0) is 8.18. The standard InChI is InChI=1S/C11H17Cl/c12-11-2-1-8-3-9(6-11)5-10(4-8)7-11/h8-10H,1-7H2. The lowest BCUT2D eigenvalue weighted by atomic mass is 9.67. The van der Waals surface area contributed by atoms with Gasteiger partial charge in [-0.1, -0.05) is 0 Å². The van der Waals surface area contributed by atoms with E-state index in [0.29, 0.717) is 0 Å². The number of rotatable bonds is 0. The van der Waals surface area contributed by atoms with Crippen LogP contribution in [0.4, 0.5) is 0 Å². The number of fused-ring (bicyclic) bond motifs is 1. The summed E-state index contributed by atoms with van der Waals surface area (Å²) in [4.78, 5) is 0.249. The second-order valence-corrected chi connectivity index (χ2v) is 6.20. The van der Waals surface area contributed by atoms with Gasteiger partial charge in [0.2, 0.25) is 0 Å². The van der Waals surface area contributed by atoms with Gasteiger partial charge in [-0.05, 0) is 62.7 Å². The molecule has 0 aromatic heterocycles. The van der Waals surface area contributed by atoms with Crippen LogP contribution in [-0.4, -0.2) is 4.87 Å². The maximum Gasteiger partial charge on any atom is 0.0452 e. The predicted molar refractivity (Wildman–Crippen MR) is 51.4 cm³/mol. The number of alkyl halides is 1. The SMILES string of the molecule is ClC12CCC3CC(CC(C3)C1)C2. The molecule has 4 aliphatic rings. The van der Waals surface area contributed by atoms with E-state index in [1.807, 2.05) is 0 Å². The Bertz CT molecular complexity index is 185. The Hall–Kier alpha value is 0.290. The number of halogens is 1. The predicted octanol–water partition coefficient (Wildman–Crippen LogP) is 3.58. The maximum absolute atomic E-state index is 6.63. The molecule has 4 bridgehead atoms. The van der Waals surface area contributed by atoms with Gasteiger partial charge in [-0.3, -0.25) is 0 Å². The van der Waals surface area contributed by atoms with Crippen LogP contribution >= 0.6 is 11.6 Å². The van der Waals surface area contributed by atoms with E-state index < -0.39 is 0 Å². The molecule has 0 radical (unpaired) electrons. The van der Waals surface area contributed by atoms with Crippen LogP contribution in [0, 0.1) is 17.8 Å². The van der Waals surface area contributed by atoms with Gasteiger partial charge in [-0.25, -0.2) is 0 Å². The van der Waals surface area contributed by atoms with E-state index in [1.54, 1.807) is 0 Å². The molecule has 4 saturated carbocycles. The van der Waals surface area contributed by atoms with Gasteiger partial charge in [-0.2, -0.15) is 0 Å². The third-order valence-corrected chi connectivity index (χ3v) is 4.81. The molecule has 2 atom stereocenters. The molecule has 0 spiro atoms. The third-order valence-electron chi connectivity index (χ3n) is 4.31. The van der Waals surface area contributed by atoms with Crippen molar-refractivity contribution < 1.29 is 0 Å². The summed E-state index contributed by atoms with van der Waals surface area (Å²) in [5.74, 6) is 3.06. The highest BCUT2D eigenvalue weighted by molar-refractivity contribution is 6.24. The summed E-state index contributed by atoms with van der Waals surface area (Å²) in [7, 11) is 0. The minimum absolute atomic E-state index is 0.249. The van der Waals surface area contributed by atoms with E-state index in [0.717, 1.165) is 17.8 Å². The highest BCUT2D eigenvalue weighted by atomic mass is 35.5. The van der Waals surface area contributed by atoms with Crippen LogP contribution in [0.5, 0.6) is 0 Å². The van der Waals surface area contributed by atoms with Gasteiger partial charge in [0.15, 0.2) is 0 Å². The van der Waals surface area contributed by atoms with E-state index in [-0.39, 0.29) is 4.87 Å². The molecule has 0 aliphatic heterocycles. The van der Waals surface area contributed by atoms with E-state index in [1.165, 1.54) is 44.9 Å². The summed E-state index contributed by atoms with van der Waals surface area (Å²) >= 11 is 6.63. The van der Waals surface area contributed by atoms with Crippen molar-refractivity contribution in [2.24, 2.45) is 17.8 Å². The number of hydrogen-bond acceptors (Lipinski definition) is 0. The fourth-order valence-electron chi connectivity index (χ4n) is 4.06. The smallest absolute Gasteiger partial charge is 0.0452 e. The zero-order valence-electron chi connectivity index (χ0n) is 7.56. The lowest BCUT2D eigenvalue weighted by Crippen LogP contribution is -2.34. The first-order valence-corrected chi connectivity index (χ1v) is 5.80. The van der Waals surface area contributed by atoms with Crippen molar-refractivity contribution in [1.29, 1.82) is 0 Å². The summed E-state index contributed by atoms with van der Waals surface area (Å²) < 4.78 is 0. The van der Waals surface area contributed by atoms with Crippen molar-refractivity contribution in [2.75, 3.05) is 0 Å². The minimum atomic E-state index is 0.249. The van der Waals surface area contributed by atoms with Crippen LogP contribution in [0.2, 0.25) is 0 Å². The monoisotopic (exact) mass is 184 g/mol. The Kier molecular flexibility index (Phi) is 1.54. The van der Waals surface area contributed by atoms with E-state index in [4.69, 9.17) is 11.6 Å². The Morgan fingerprint density at radius 3 is 2.17 bits per heavy atom. The van der Waals surface area contributed by atoms with Crippen LogP contribution in [-0.2, 0) is 0 Å². The molecule has 68 valence electrons. The van der Waals surface area contributed by atoms with Gasteiger partial charge in [0.05, 0.1) is 0 Å². The summed E-state index contributed by atoms with van der Waals surface area (Å²) in [5.41, 5.74) is 0. The molecule has 2 unspecified atom stereocenters. The van der Waals surface area contributed by atoms with Gasteiger partial charge in [0.1, 0.15) is 0 Å². The largest absolute Gasteiger partial charge is 0.119 e. The van der Waals surface area contributed by atoms with Crippen molar-refractivity contribution in [2.45, 2.75) is 49.8 Å². The molecular formula is C11H17Cl. The molecular weight excluding hydrogens is 168 g/mol. The quantitative estimate of drug-likeness (QED) is 0.505. The fraction of sp³-hybridized carbons (Fsp3) is 1.00. The molecule has 0 aromatic carbocycles. The van der Waals surface area contributed by atoms with E-state index >= 15 is 0 Å². The average molecular weight is 185 g/mol. The summed E-state index contributed by atoms with van der Waals surface area (Å²) in [5, 5.41) is 0. The Morgan fingerprint density at radius 2 is 1.50 bits per heavy atom. The first-order chi connectivity index (χ1) is 5.73. The molecule has 12 heavy (non-hydrogen) atoms. The average Bonchev–Trinajstić information content (AvgIpc) is 2.14. The van der Waals surface area contributed by atoms with Gasteiger partial charge in [0, 0.05) is 4.87 Å². The Balaban J connectivity index is 1.94. The first kappa shape index (κ1) is 7.67. The van der Waals surface area contributed by atoms with Gasteiger partial charge in [-0.15, -0.1) is 11.6 Å². The van der Waals surface area contributed by atoms with Crippen LogP contribution in [0.3, 0.4) is 0 Å². The van der Waals surface area contributed by atoms with E-state index in [2.05, 4.69) is 0 Å². The number of hydrogen-bond donors (Lipinski definition) is 0. The highest BCUT2D eigenvalue weighted by Crippen LogP contribution is 2.55. The zero-order valence-corrected chi connectivity index (χ0v) is 8.32. The van der Waals surface area contributed by atoms with Crippen molar-refractivity contribution in [1.82, 2.24) is 0 Å². The summed E-state index contributed by atoms with van der Waals surface area (Å²) in [6.45, 7) is 0. The summed E-state index contributed by atoms with van der Waals surface area (Å²) in [6.07, 6.45) is 9.92. The third kappa shape index (κ3) is 1.11. The second-order valence-electron chi connectivity index (χ2n) is 5.40. The molecule has 0 amide bonds. The normalized spacial score (nSPS) is 57.2. The Morgan fingerprint density at radius 1 is 0.917 bits per heavy atom. The molecule has 4 rings (SSSR count). The van der Waals surface area contributed by atoms with Crippen LogP contribution in [0.1, 0.15) is 44.9 Å². The second kappa shape index (κ2) is 2.41. The van der Waals surface area contributed by atoms with Crippen molar-refractivity contribution in [3.63, 3.8) is 0 Å². The minimum Gasteiger partial charge on any atom is -0.119 e. The molecule has 0 aromatic rings. The van der Waals surface area contributed by atoms with Crippen molar-refractivity contribution in [3.8, 4) is 0 Å². The van der Waals surface area contributed by atoms with E-state index in [9.17, 15) is 0 Å². The molecule has 0 saturated heterocycles. The van der Waals surface area contributed by atoms with Crippen LogP contribution < -0.4 is 0 Å². The molecule has 4 fully saturated rings. The van der Waals surface area contributed by atoms with Crippen molar-refractivity contribution >= 4 is 11.6 Å². The fourth-order valence-corrected chi connectivity index (χ4v) is 4.60. The highest BCUT2D eigenvalue weighted by Gasteiger charge is 2.46. The Labute approximate surface area is 79.7 Å². The van der Waals surface area contributed by atoms with Crippen LogP contribution in [0.15, 0.2) is 0 Å². The molecule has 4 aliphatic carbocycles. The lowest BCUT2D eigenvalue weighted by Gasteiger charge is -2.42. The maximum atomic E-state index is 6.63. The van der Waals surface area contributed by atoms with Crippen molar-refractivity contribution in [3.05, 3.63) is 0 Å². The molecule has 1 heteroatoms.